The first kappa shape index (κ1) is 101. The van der Waals surface area contributed by atoms with E-state index in [0.29, 0.717) is 24.8 Å². The fraction of sp³-hybridized carbons (Fsp3) is 0.560. The SMILES string of the molecule is C.C=C(O)[C@@H]1CCCN1C(=O)C(CC(C)C)C(C)C.C=C(O)[C@@H]1CCCN1C(=O)C(CO)C(C)C.C=C(O)[C@@H]1CCCN1C(=O)C(Cc1ccccc1)C(C)C.CC(C)C(C(=O)C(=O)NC(Cc1ccccc1)C(=O)O)c1ccccc1.CC(C)CC(=O)C(=O)NC(C)C.CC(C)NC(=O)C(=O)C(c1ccccc1)C(C)C. The molecule has 3 fully saturated rings. The smallest absolute Gasteiger partial charge is 0.326 e. The van der Waals surface area contributed by atoms with Crippen molar-refractivity contribution >= 4 is 58.8 Å². The molecule has 4 aromatic carbocycles. The summed E-state index contributed by atoms with van der Waals surface area (Å²) in [7, 11) is 0. The Morgan fingerprint density at radius 3 is 1.01 bits per heavy atom. The molecule has 112 heavy (non-hydrogen) atoms. The third kappa shape index (κ3) is 34.4. The minimum absolute atomic E-state index is 0. The first-order chi connectivity index (χ1) is 52.1. The summed E-state index contributed by atoms with van der Waals surface area (Å²) < 4.78 is 0. The molecule has 0 radical (unpaired) electrons. The van der Waals surface area contributed by atoms with Crippen LogP contribution < -0.4 is 16.0 Å². The number of aliphatic carboxylic acids is 1. The lowest BCUT2D eigenvalue weighted by Gasteiger charge is -2.31. The Morgan fingerprint density at radius 1 is 0.402 bits per heavy atom. The average molecular weight is 1560 g/mol. The van der Waals surface area contributed by atoms with Crippen LogP contribution >= 0.6 is 0 Å². The topological polar surface area (TPSA) is 318 Å². The number of ketones is 3. The second kappa shape index (κ2) is 51.4. The molecule has 3 aliphatic rings. The molecule has 21 heteroatoms. The second-order valence-electron chi connectivity index (χ2n) is 32.4. The molecular formula is C91H138N6O15. The van der Waals surface area contributed by atoms with Gasteiger partial charge in [-0.15, -0.1) is 0 Å². The fourth-order valence-corrected chi connectivity index (χ4v) is 13.7. The molecular weight excluding hydrogens is 1420 g/mol. The van der Waals surface area contributed by atoms with E-state index >= 15 is 0 Å². The van der Waals surface area contributed by atoms with Gasteiger partial charge >= 0.3 is 5.97 Å². The summed E-state index contributed by atoms with van der Waals surface area (Å²) in [5.41, 5.74) is 3.60. The summed E-state index contributed by atoms with van der Waals surface area (Å²) in [4.78, 5) is 126. The van der Waals surface area contributed by atoms with Crippen LogP contribution in [-0.2, 0) is 60.8 Å². The molecule has 8 N–H and O–H groups in total. The quantitative estimate of drug-likeness (QED) is 0.0172. The summed E-state index contributed by atoms with van der Waals surface area (Å²) in [5, 5.41) is 54.9. The number of carbonyl (C=O) groups excluding carboxylic acids is 9. The number of aliphatic hydroxyl groups excluding tert-OH is 4. The minimum atomic E-state index is -1.17. The summed E-state index contributed by atoms with van der Waals surface area (Å²) in [5.74, 6) is -3.59. The van der Waals surface area contributed by atoms with Gasteiger partial charge < -0.3 is 56.2 Å². The molecule has 622 valence electrons. The van der Waals surface area contributed by atoms with E-state index in [1.807, 2.05) is 166 Å². The largest absolute Gasteiger partial charge is 0.511 e. The molecule has 7 rings (SSSR count). The summed E-state index contributed by atoms with van der Waals surface area (Å²) in [6.45, 7) is 48.0. The van der Waals surface area contributed by atoms with E-state index in [1.54, 1.807) is 41.3 Å². The molecule has 9 atom stereocenters. The maximum atomic E-state index is 12.9. The number of hydrogen-bond donors (Lipinski definition) is 8. The molecule has 3 saturated heterocycles. The Balaban J connectivity index is 0.000000681. The third-order valence-electron chi connectivity index (χ3n) is 19.6. The summed E-state index contributed by atoms with van der Waals surface area (Å²) >= 11 is 0. The maximum Gasteiger partial charge on any atom is 0.326 e. The van der Waals surface area contributed by atoms with Gasteiger partial charge in [-0.25, -0.2) is 4.79 Å². The van der Waals surface area contributed by atoms with Gasteiger partial charge in [-0.3, -0.25) is 43.2 Å². The number of amides is 6. The molecule has 21 nitrogen and oxygen atoms in total. The van der Waals surface area contributed by atoms with Gasteiger partial charge in [0.2, 0.25) is 35.1 Å². The van der Waals surface area contributed by atoms with Crippen LogP contribution in [0.15, 0.2) is 158 Å². The Morgan fingerprint density at radius 2 is 0.714 bits per heavy atom. The molecule has 4 aromatic rings. The number of aliphatic hydroxyl groups is 4. The van der Waals surface area contributed by atoms with Crippen LogP contribution in [0.3, 0.4) is 0 Å². The lowest BCUT2D eigenvalue weighted by atomic mass is 9.84. The highest BCUT2D eigenvalue weighted by molar-refractivity contribution is 6.39. The van der Waals surface area contributed by atoms with Gasteiger partial charge in [0.1, 0.15) is 23.3 Å². The van der Waals surface area contributed by atoms with Crippen molar-refractivity contribution in [1.82, 2.24) is 30.7 Å². The molecule has 6 unspecified atom stereocenters. The van der Waals surface area contributed by atoms with Crippen LogP contribution in [0.4, 0.5) is 0 Å². The molecule has 3 heterocycles. The third-order valence-corrected chi connectivity index (χ3v) is 19.6. The van der Waals surface area contributed by atoms with Crippen molar-refractivity contribution in [3.05, 3.63) is 181 Å². The van der Waals surface area contributed by atoms with Crippen LogP contribution in [0, 0.1) is 59.2 Å². The van der Waals surface area contributed by atoms with Crippen molar-refractivity contribution in [3.8, 4) is 0 Å². The first-order valence-corrected chi connectivity index (χ1v) is 39.7. The lowest BCUT2D eigenvalue weighted by molar-refractivity contribution is -0.145. The molecule has 0 spiro atoms. The summed E-state index contributed by atoms with van der Waals surface area (Å²) in [6, 6.07) is 35.9. The van der Waals surface area contributed by atoms with E-state index in [4.69, 9.17) is 0 Å². The standard InChI is InChI=1S/C21H23NO4.C18H25NO2.C15H27NO2.C15H21NO2.C12H21NO3.C9H17NO2.CH4/c1-14(2)18(16-11-7-4-8-12-16)19(23)20(24)22-17(21(25)26)13-15-9-5-3-6-10-15;1-13(2)16(12-15-8-5-4-6-9-15)18(21)19-11-7-10-17(19)14(3)20;1-10(2)9-13(11(3)4)15(18)16-8-6-7-14(16)12(5)17;1-10(2)13(12-8-6-5-7-9-12)14(17)15(18)16-11(3)4;1-8(2)10(7-14)12(16)13-6-4-5-11(13)9(3)15;1-6(2)5-8(11)9(12)10-7(3)4;/h3-12,14,17-18H,13H2,1-2H3,(H,22,24)(H,25,26);4-6,8-9,13,16-17,20H,3,7,10-12H2,1-2H3;10-11,13-14,17H,5-9H2,1-4H3;5-11,13H,1-4H3,(H,16,18);8,10-11,14-15H,3-7H2,1-2H3;6-7H,5H2,1-4H3,(H,10,12);1H4/t;16?,17-;13?,14-;;10?,11-;;/m.00.0../s1. The second-order valence-corrected chi connectivity index (χ2v) is 32.4. The van der Waals surface area contributed by atoms with Crippen LogP contribution in [0.25, 0.3) is 0 Å². The number of carboxylic acid groups (broad SMARTS) is 1. The van der Waals surface area contributed by atoms with Crippen LogP contribution in [0.5, 0.6) is 0 Å². The molecule has 0 aromatic heterocycles. The Labute approximate surface area is 670 Å². The zero-order valence-corrected chi connectivity index (χ0v) is 69.6. The zero-order valence-electron chi connectivity index (χ0n) is 69.6. The Bertz CT molecular complexity index is 3560. The van der Waals surface area contributed by atoms with Crippen molar-refractivity contribution in [1.29, 1.82) is 0 Å². The van der Waals surface area contributed by atoms with Gasteiger partial charge in [-0.2, -0.15) is 0 Å². The van der Waals surface area contributed by atoms with E-state index < -0.39 is 41.4 Å². The monoisotopic (exact) mass is 1560 g/mol. The van der Waals surface area contributed by atoms with E-state index in [9.17, 15) is 73.5 Å². The highest BCUT2D eigenvalue weighted by Crippen LogP contribution is 2.32. The molecule has 3 aliphatic heterocycles. The minimum Gasteiger partial charge on any atom is -0.511 e. The van der Waals surface area contributed by atoms with Gasteiger partial charge in [0.25, 0.3) is 17.7 Å². The number of Topliss-reactive ketones (excluding diaryl/α,β-unsaturated/α-hetero) is 3. The number of benzene rings is 4. The Hall–Kier alpha value is -9.24. The van der Waals surface area contributed by atoms with E-state index in [0.717, 1.165) is 81.1 Å². The predicted molar refractivity (Wildman–Crippen MR) is 447 cm³/mol. The van der Waals surface area contributed by atoms with Crippen molar-refractivity contribution in [2.75, 3.05) is 26.2 Å². The first-order valence-electron chi connectivity index (χ1n) is 39.7. The highest BCUT2D eigenvalue weighted by Gasteiger charge is 2.40. The number of carboxylic acids is 1. The lowest BCUT2D eigenvalue weighted by Crippen LogP contribution is -2.46. The normalized spacial score (nSPS) is 16.6. The maximum absolute atomic E-state index is 12.9. The van der Waals surface area contributed by atoms with E-state index in [2.05, 4.69) is 89.4 Å². The van der Waals surface area contributed by atoms with E-state index in [1.165, 1.54) is 5.56 Å². The number of nitrogens with one attached hydrogen (secondary N) is 3. The average Bonchev–Trinajstić information content (AvgIpc) is 1.74. The Kier molecular flexibility index (Phi) is 46.3. The van der Waals surface area contributed by atoms with Crippen molar-refractivity contribution in [3.63, 3.8) is 0 Å². The van der Waals surface area contributed by atoms with Crippen LogP contribution in [0.2, 0.25) is 0 Å². The number of nitrogens with zero attached hydrogens (tertiary/aromatic N) is 3. The fourth-order valence-electron chi connectivity index (χ4n) is 13.7. The van der Waals surface area contributed by atoms with Crippen LogP contribution in [0.1, 0.15) is 218 Å². The number of rotatable bonds is 31. The van der Waals surface area contributed by atoms with Crippen molar-refractivity contribution < 1.29 is 73.5 Å². The molecule has 0 aliphatic carbocycles. The van der Waals surface area contributed by atoms with Crippen molar-refractivity contribution in [2.45, 2.75) is 244 Å². The van der Waals surface area contributed by atoms with Gasteiger partial charge in [0.15, 0.2) is 0 Å². The molecule has 0 bridgehead atoms. The predicted octanol–water partition coefficient (Wildman–Crippen LogP) is 15.3. The number of hydrogen-bond acceptors (Lipinski definition) is 14. The van der Waals surface area contributed by atoms with Gasteiger partial charge in [-0.05, 0) is 143 Å². The van der Waals surface area contributed by atoms with Crippen LogP contribution in [-0.4, -0.2) is 161 Å². The summed E-state index contributed by atoms with van der Waals surface area (Å²) in [6.07, 6.45) is 7.31. The number of likely N-dealkylation sites (tertiary alicyclic amines) is 3. The number of carbonyl (C=O) groups is 10. The zero-order chi connectivity index (χ0) is 84.1. The van der Waals surface area contributed by atoms with Gasteiger partial charge in [0.05, 0.1) is 42.5 Å². The van der Waals surface area contributed by atoms with Gasteiger partial charge in [0, 0.05) is 56.4 Å². The van der Waals surface area contributed by atoms with Crippen molar-refractivity contribution in [2.24, 2.45) is 59.2 Å². The molecule has 0 saturated carbocycles. The molecule has 6 amide bonds. The highest BCUT2D eigenvalue weighted by atomic mass is 16.4. The van der Waals surface area contributed by atoms with Gasteiger partial charge in [-0.1, -0.05) is 245 Å². The van der Waals surface area contributed by atoms with E-state index in [-0.39, 0.29) is 150 Å².